The second-order valence-electron chi connectivity index (χ2n) is 5.14. The molecule has 1 aromatic heterocycles. The van der Waals surface area contributed by atoms with E-state index in [-0.39, 0.29) is 0 Å². The third-order valence-corrected chi connectivity index (χ3v) is 3.73. The maximum absolute atomic E-state index is 10.5. The van der Waals surface area contributed by atoms with E-state index >= 15 is 0 Å². The van der Waals surface area contributed by atoms with Crippen LogP contribution in [0.2, 0.25) is 0 Å². The van der Waals surface area contributed by atoms with Crippen LogP contribution in [0.5, 0.6) is 0 Å². The Bertz CT molecular complexity index is 723. The third kappa shape index (κ3) is 2.23. The summed E-state index contributed by atoms with van der Waals surface area (Å²) in [6, 6.07) is 16.0. The summed E-state index contributed by atoms with van der Waals surface area (Å²) in [7, 11) is 0. The number of rotatable bonds is 3. The summed E-state index contributed by atoms with van der Waals surface area (Å²) in [6.45, 7) is 4.13. The second kappa shape index (κ2) is 5.14. The number of fused-ring (bicyclic) bond motifs is 1. The molecule has 0 fully saturated rings. The van der Waals surface area contributed by atoms with E-state index in [1.54, 1.807) is 0 Å². The van der Waals surface area contributed by atoms with Crippen LogP contribution in [0.15, 0.2) is 52.9 Å². The molecule has 20 heavy (non-hydrogen) atoms. The molecule has 0 aliphatic heterocycles. The highest BCUT2D eigenvalue weighted by atomic mass is 16.4. The Balaban J connectivity index is 1.98. The molecule has 0 amide bonds. The van der Waals surface area contributed by atoms with E-state index in [0.29, 0.717) is 5.76 Å². The average molecular weight is 266 g/mol. The molecule has 1 heterocycles. The van der Waals surface area contributed by atoms with Gasteiger partial charge < -0.3 is 9.52 Å². The van der Waals surface area contributed by atoms with Crippen LogP contribution in [0.25, 0.3) is 11.0 Å². The van der Waals surface area contributed by atoms with E-state index in [1.807, 2.05) is 55.5 Å². The summed E-state index contributed by atoms with van der Waals surface area (Å²) in [5, 5.41) is 11.5. The number of furan rings is 1. The summed E-state index contributed by atoms with van der Waals surface area (Å²) in [6.07, 6.45) is 0.285. The van der Waals surface area contributed by atoms with Crippen molar-refractivity contribution in [2.24, 2.45) is 0 Å². The van der Waals surface area contributed by atoms with Crippen molar-refractivity contribution in [3.05, 3.63) is 71.0 Å². The highest BCUT2D eigenvalue weighted by molar-refractivity contribution is 5.81. The molecule has 0 saturated carbocycles. The van der Waals surface area contributed by atoms with E-state index in [1.165, 1.54) is 5.56 Å². The smallest absolute Gasteiger partial charge is 0.138 e. The molecule has 1 N–H and O–H groups in total. The van der Waals surface area contributed by atoms with Gasteiger partial charge in [0.25, 0.3) is 0 Å². The van der Waals surface area contributed by atoms with Crippen LogP contribution in [0.3, 0.4) is 0 Å². The minimum Gasteiger partial charge on any atom is -0.458 e. The molecule has 2 aromatic carbocycles. The van der Waals surface area contributed by atoms with E-state index in [4.69, 9.17) is 4.42 Å². The van der Waals surface area contributed by atoms with E-state index < -0.39 is 6.10 Å². The zero-order valence-electron chi connectivity index (χ0n) is 11.8. The minimum atomic E-state index is -0.715. The molecule has 0 aliphatic rings. The van der Waals surface area contributed by atoms with Gasteiger partial charge in [-0.2, -0.15) is 0 Å². The van der Waals surface area contributed by atoms with E-state index in [0.717, 1.165) is 28.5 Å². The second-order valence-corrected chi connectivity index (χ2v) is 5.14. The van der Waals surface area contributed by atoms with Crippen LogP contribution in [0.4, 0.5) is 0 Å². The van der Waals surface area contributed by atoms with Crippen molar-refractivity contribution in [3.8, 4) is 0 Å². The molecule has 2 heteroatoms. The lowest BCUT2D eigenvalue weighted by molar-refractivity contribution is 0.192. The van der Waals surface area contributed by atoms with Gasteiger partial charge in [0.05, 0.1) is 0 Å². The molecule has 0 saturated heterocycles. The summed E-state index contributed by atoms with van der Waals surface area (Å²) < 4.78 is 5.82. The summed E-state index contributed by atoms with van der Waals surface area (Å²) >= 11 is 0. The Kier molecular flexibility index (Phi) is 3.33. The van der Waals surface area contributed by atoms with Gasteiger partial charge in [0.2, 0.25) is 0 Å². The zero-order chi connectivity index (χ0) is 14.1. The van der Waals surface area contributed by atoms with Crippen molar-refractivity contribution in [1.29, 1.82) is 0 Å². The standard InChI is InChI=1S/C18H18O2/c1-3-13-7-9-14(10-8-13)17(19)16-11-15-6-4-5-12(2)18(15)20-16/h4-11,17,19H,3H2,1-2H3. The molecule has 3 aromatic rings. The normalized spacial score (nSPS) is 12.8. The third-order valence-electron chi connectivity index (χ3n) is 3.73. The first-order valence-electron chi connectivity index (χ1n) is 6.95. The largest absolute Gasteiger partial charge is 0.458 e. The number of hydrogen-bond donors (Lipinski definition) is 1. The van der Waals surface area contributed by atoms with Crippen LogP contribution in [0, 0.1) is 6.92 Å². The molecule has 102 valence electrons. The number of benzene rings is 2. The number of aliphatic hydroxyl groups excluding tert-OH is 1. The highest BCUT2D eigenvalue weighted by Gasteiger charge is 2.16. The first kappa shape index (κ1) is 12.9. The van der Waals surface area contributed by atoms with Gasteiger partial charge in [-0.3, -0.25) is 0 Å². The topological polar surface area (TPSA) is 33.4 Å². The van der Waals surface area contributed by atoms with E-state index in [2.05, 4.69) is 6.92 Å². The van der Waals surface area contributed by atoms with Crippen LogP contribution in [-0.2, 0) is 6.42 Å². The quantitative estimate of drug-likeness (QED) is 0.763. The van der Waals surface area contributed by atoms with Crippen molar-refractivity contribution in [3.63, 3.8) is 0 Å². The number of aryl methyl sites for hydroxylation is 2. The van der Waals surface area contributed by atoms with Crippen LogP contribution >= 0.6 is 0 Å². The Labute approximate surface area is 118 Å². The first-order chi connectivity index (χ1) is 9.69. The van der Waals surface area contributed by atoms with Gasteiger partial charge in [-0.05, 0) is 36.1 Å². The molecule has 1 unspecified atom stereocenters. The maximum Gasteiger partial charge on any atom is 0.138 e. The molecule has 1 atom stereocenters. The van der Waals surface area contributed by atoms with Crippen LogP contribution in [0.1, 0.15) is 35.5 Å². The molecule has 0 spiro atoms. The van der Waals surface area contributed by atoms with Gasteiger partial charge in [-0.1, -0.05) is 49.4 Å². The maximum atomic E-state index is 10.5. The van der Waals surface area contributed by atoms with Crippen LogP contribution in [-0.4, -0.2) is 5.11 Å². The molecular formula is C18H18O2. The fraction of sp³-hybridized carbons (Fsp3) is 0.222. The van der Waals surface area contributed by atoms with Crippen molar-refractivity contribution in [2.45, 2.75) is 26.4 Å². The zero-order valence-corrected chi connectivity index (χ0v) is 11.8. The van der Waals surface area contributed by atoms with Gasteiger partial charge in [0.1, 0.15) is 17.4 Å². The predicted molar refractivity (Wildman–Crippen MR) is 80.8 cm³/mol. The summed E-state index contributed by atoms with van der Waals surface area (Å²) in [4.78, 5) is 0. The molecule has 0 radical (unpaired) electrons. The Morgan fingerprint density at radius 2 is 1.85 bits per heavy atom. The lowest BCUT2D eigenvalue weighted by Crippen LogP contribution is -1.97. The van der Waals surface area contributed by atoms with Crippen molar-refractivity contribution < 1.29 is 9.52 Å². The highest BCUT2D eigenvalue weighted by Crippen LogP contribution is 2.29. The SMILES string of the molecule is CCc1ccc(C(O)c2cc3cccc(C)c3o2)cc1. The fourth-order valence-corrected chi connectivity index (χ4v) is 2.46. The number of para-hydroxylation sites is 1. The van der Waals surface area contributed by atoms with Gasteiger partial charge in [-0.25, -0.2) is 0 Å². The molecule has 3 rings (SSSR count). The predicted octanol–water partition coefficient (Wildman–Crippen LogP) is 4.39. The van der Waals surface area contributed by atoms with Crippen molar-refractivity contribution >= 4 is 11.0 Å². The molecule has 0 aliphatic carbocycles. The van der Waals surface area contributed by atoms with Crippen molar-refractivity contribution in [2.75, 3.05) is 0 Å². The van der Waals surface area contributed by atoms with Crippen LogP contribution < -0.4 is 0 Å². The van der Waals surface area contributed by atoms with Gasteiger partial charge in [0.15, 0.2) is 0 Å². The lowest BCUT2D eigenvalue weighted by Gasteiger charge is -2.08. The van der Waals surface area contributed by atoms with Crippen molar-refractivity contribution in [1.82, 2.24) is 0 Å². The van der Waals surface area contributed by atoms with Gasteiger partial charge >= 0.3 is 0 Å². The molecule has 2 nitrogen and oxygen atoms in total. The number of hydrogen-bond acceptors (Lipinski definition) is 2. The monoisotopic (exact) mass is 266 g/mol. The first-order valence-corrected chi connectivity index (χ1v) is 6.95. The molecular weight excluding hydrogens is 248 g/mol. The van der Waals surface area contributed by atoms with E-state index in [9.17, 15) is 5.11 Å². The Morgan fingerprint density at radius 3 is 2.50 bits per heavy atom. The van der Waals surface area contributed by atoms with Gasteiger partial charge in [0, 0.05) is 5.39 Å². The molecule has 0 bridgehead atoms. The minimum absolute atomic E-state index is 0.596. The average Bonchev–Trinajstić information content (AvgIpc) is 2.92. The fourth-order valence-electron chi connectivity index (χ4n) is 2.46. The Morgan fingerprint density at radius 1 is 1.10 bits per heavy atom. The summed E-state index contributed by atoms with van der Waals surface area (Å²) in [5.41, 5.74) is 4.06. The Hall–Kier alpha value is -2.06. The van der Waals surface area contributed by atoms with Gasteiger partial charge in [-0.15, -0.1) is 0 Å². The lowest BCUT2D eigenvalue weighted by atomic mass is 10.0. The summed E-state index contributed by atoms with van der Waals surface area (Å²) in [5.74, 6) is 0.596. The number of aliphatic hydroxyl groups is 1.